The maximum Gasteiger partial charge on any atom is 0.346 e. The highest BCUT2D eigenvalue weighted by atomic mass is 16.5. The van der Waals surface area contributed by atoms with Gasteiger partial charge < -0.3 is 14.5 Å². The molecule has 0 unspecified atom stereocenters. The molecule has 0 aliphatic heterocycles. The number of ether oxygens (including phenoxy) is 2. The normalized spacial score (nSPS) is 10.6. The zero-order chi connectivity index (χ0) is 20.2. The molecule has 1 aromatic heterocycles. The summed E-state index contributed by atoms with van der Waals surface area (Å²) in [5, 5.41) is 0. The largest absolute Gasteiger partial charge is 0.497 e. The lowest BCUT2D eigenvalue weighted by molar-refractivity contribution is 0.415. The highest BCUT2D eigenvalue weighted by Gasteiger charge is 2.18. The zero-order valence-electron chi connectivity index (χ0n) is 16.2. The minimum Gasteiger partial charge on any atom is -0.497 e. The first-order valence-corrected chi connectivity index (χ1v) is 9.23. The molecule has 0 amide bonds. The highest BCUT2D eigenvalue weighted by molar-refractivity contribution is 5.78. The number of nitrogens with one attached hydrogen (secondary N) is 1. The Kier molecular flexibility index (Phi) is 5.12. The first-order valence-electron chi connectivity index (χ1n) is 9.23. The molecule has 4 rings (SSSR count). The van der Waals surface area contributed by atoms with Gasteiger partial charge in [-0.1, -0.05) is 60.2 Å². The molecule has 0 aliphatic carbocycles. The van der Waals surface area contributed by atoms with Crippen molar-refractivity contribution in [1.29, 1.82) is 0 Å². The fraction of sp³-hybridized carbons (Fsp3) is 0.0833. The summed E-state index contributed by atoms with van der Waals surface area (Å²) >= 11 is 0. The van der Waals surface area contributed by atoms with Crippen LogP contribution in [0, 0.1) is 6.92 Å². The number of aryl methyl sites for hydroxylation is 1. The molecule has 5 heteroatoms. The van der Waals surface area contributed by atoms with Gasteiger partial charge in [0.2, 0.25) is 0 Å². The predicted molar refractivity (Wildman–Crippen MR) is 114 cm³/mol. The third kappa shape index (κ3) is 4.04. The van der Waals surface area contributed by atoms with Gasteiger partial charge in [-0.05, 0) is 31.2 Å². The Hall–Kier alpha value is -3.86. The van der Waals surface area contributed by atoms with Gasteiger partial charge in [0.25, 0.3) is 0 Å². The van der Waals surface area contributed by atoms with Crippen LogP contribution < -0.4 is 15.2 Å². The van der Waals surface area contributed by atoms with Gasteiger partial charge in [0.05, 0.1) is 12.8 Å². The number of aromatic amines is 1. The molecule has 3 aromatic carbocycles. The van der Waals surface area contributed by atoms with Gasteiger partial charge in [0, 0.05) is 11.1 Å². The quantitative estimate of drug-likeness (QED) is 0.513. The van der Waals surface area contributed by atoms with E-state index in [0.29, 0.717) is 28.6 Å². The lowest BCUT2D eigenvalue weighted by Crippen LogP contribution is -2.14. The van der Waals surface area contributed by atoms with Crippen LogP contribution in [0.15, 0.2) is 83.7 Å². The van der Waals surface area contributed by atoms with Crippen LogP contribution in [0.1, 0.15) is 5.56 Å². The van der Waals surface area contributed by atoms with Crippen LogP contribution in [0.25, 0.3) is 22.5 Å². The van der Waals surface area contributed by atoms with Gasteiger partial charge >= 0.3 is 5.69 Å². The maximum atomic E-state index is 12.4. The van der Waals surface area contributed by atoms with Crippen molar-refractivity contribution < 1.29 is 9.47 Å². The molecule has 0 fully saturated rings. The highest BCUT2D eigenvalue weighted by Crippen LogP contribution is 2.38. The topological polar surface area (TPSA) is 64.2 Å². The van der Waals surface area contributed by atoms with Crippen molar-refractivity contribution in [2.24, 2.45) is 0 Å². The van der Waals surface area contributed by atoms with E-state index in [1.807, 2.05) is 85.8 Å². The van der Waals surface area contributed by atoms with Gasteiger partial charge in [0.15, 0.2) is 5.75 Å². The smallest absolute Gasteiger partial charge is 0.346 e. The average molecular weight is 384 g/mol. The standard InChI is InChI=1S/C24H20N2O3/c1-16-11-13-19(14-12-16)29-23-21(17-7-4-3-5-8-17)25-24(27)26-22(23)18-9-6-10-20(15-18)28-2/h3-15H,1-2H3,(H,25,26,27). The second kappa shape index (κ2) is 8.02. The summed E-state index contributed by atoms with van der Waals surface area (Å²) in [5.41, 5.74) is 3.27. The van der Waals surface area contributed by atoms with E-state index >= 15 is 0 Å². The molecule has 29 heavy (non-hydrogen) atoms. The Bertz CT molecular complexity index is 1180. The zero-order valence-corrected chi connectivity index (χ0v) is 16.2. The minimum absolute atomic E-state index is 0.446. The summed E-state index contributed by atoms with van der Waals surface area (Å²) in [6, 6.07) is 24.7. The van der Waals surface area contributed by atoms with Crippen LogP contribution in [-0.4, -0.2) is 17.1 Å². The average Bonchev–Trinajstić information content (AvgIpc) is 2.76. The van der Waals surface area contributed by atoms with E-state index in [-0.39, 0.29) is 0 Å². The lowest BCUT2D eigenvalue weighted by atomic mass is 10.1. The van der Waals surface area contributed by atoms with Crippen LogP contribution in [0.4, 0.5) is 0 Å². The molecular weight excluding hydrogens is 364 g/mol. The molecular formula is C24H20N2O3. The Morgan fingerprint density at radius 3 is 2.28 bits per heavy atom. The molecule has 1 N–H and O–H groups in total. The van der Waals surface area contributed by atoms with Crippen LogP contribution >= 0.6 is 0 Å². The lowest BCUT2D eigenvalue weighted by Gasteiger charge is -2.15. The van der Waals surface area contributed by atoms with Gasteiger partial charge in [0.1, 0.15) is 17.2 Å². The van der Waals surface area contributed by atoms with Gasteiger partial charge in [-0.25, -0.2) is 4.79 Å². The van der Waals surface area contributed by atoms with Crippen molar-refractivity contribution in [3.05, 3.63) is 94.9 Å². The fourth-order valence-corrected chi connectivity index (χ4v) is 3.06. The van der Waals surface area contributed by atoms with E-state index in [9.17, 15) is 4.79 Å². The predicted octanol–water partition coefficient (Wildman–Crippen LogP) is 5.21. The van der Waals surface area contributed by atoms with Crippen molar-refractivity contribution in [3.63, 3.8) is 0 Å². The minimum atomic E-state index is -0.446. The number of hydrogen-bond donors (Lipinski definition) is 1. The third-order valence-electron chi connectivity index (χ3n) is 4.53. The molecule has 0 radical (unpaired) electrons. The summed E-state index contributed by atoms with van der Waals surface area (Å²) in [4.78, 5) is 19.5. The Morgan fingerprint density at radius 1 is 0.828 bits per heavy atom. The molecule has 0 atom stereocenters. The molecule has 0 saturated heterocycles. The van der Waals surface area contributed by atoms with Crippen LogP contribution in [-0.2, 0) is 0 Å². The number of H-pyrrole nitrogens is 1. The van der Waals surface area contributed by atoms with Crippen molar-refractivity contribution in [2.45, 2.75) is 6.92 Å². The second-order valence-corrected chi connectivity index (χ2v) is 6.61. The first-order chi connectivity index (χ1) is 14.1. The van der Waals surface area contributed by atoms with E-state index in [0.717, 1.165) is 16.7 Å². The van der Waals surface area contributed by atoms with Crippen molar-refractivity contribution in [1.82, 2.24) is 9.97 Å². The van der Waals surface area contributed by atoms with Gasteiger partial charge in [-0.2, -0.15) is 4.98 Å². The van der Waals surface area contributed by atoms with Crippen LogP contribution in [0.5, 0.6) is 17.2 Å². The second-order valence-electron chi connectivity index (χ2n) is 6.61. The van der Waals surface area contributed by atoms with E-state index in [2.05, 4.69) is 9.97 Å². The van der Waals surface area contributed by atoms with Gasteiger partial charge in [-0.3, -0.25) is 0 Å². The molecule has 0 spiro atoms. The number of benzene rings is 3. The van der Waals surface area contributed by atoms with Crippen molar-refractivity contribution in [2.75, 3.05) is 7.11 Å². The first kappa shape index (κ1) is 18.5. The molecule has 5 nitrogen and oxygen atoms in total. The van der Waals surface area contributed by atoms with Crippen molar-refractivity contribution >= 4 is 0 Å². The number of nitrogens with zero attached hydrogens (tertiary/aromatic N) is 1. The van der Waals surface area contributed by atoms with E-state index < -0.39 is 5.69 Å². The molecule has 0 aliphatic rings. The fourth-order valence-electron chi connectivity index (χ4n) is 3.06. The van der Waals surface area contributed by atoms with Gasteiger partial charge in [-0.15, -0.1) is 0 Å². The molecule has 144 valence electrons. The summed E-state index contributed by atoms with van der Waals surface area (Å²) in [7, 11) is 1.60. The van der Waals surface area contributed by atoms with E-state index in [1.54, 1.807) is 7.11 Å². The molecule has 1 heterocycles. The summed E-state index contributed by atoms with van der Waals surface area (Å²) in [6.07, 6.45) is 0. The third-order valence-corrected chi connectivity index (χ3v) is 4.53. The van der Waals surface area contributed by atoms with Crippen LogP contribution in [0.3, 0.4) is 0 Å². The molecule has 0 saturated carbocycles. The number of hydrogen-bond acceptors (Lipinski definition) is 4. The summed E-state index contributed by atoms with van der Waals surface area (Å²) < 4.78 is 11.6. The molecule has 0 bridgehead atoms. The maximum absolute atomic E-state index is 12.4. The number of aromatic nitrogens is 2. The Morgan fingerprint density at radius 2 is 1.55 bits per heavy atom. The summed E-state index contributed by atoms with van der Waals surface area (Å²) in [5.74, 6) is 1.81. The van der Waals surface area contributed by atoms with Crippen LogP contribution in [0.2, 0.25) is 0 Å². The van der Waals surface area contributed by atoms with Crippen molar-refractivity contribution in [3.8, 4) is 39.8 Å². The van der Waals surface area contributed by atoms with E-state index in [4.69, 9.17) is 9.47 Å². The monoisotopic (exact) mass is 384 g/mol. The Labute approximate surface area is 168 Å². The number of methoxy groups -OCH3 is 1. The molecule has 4 aromatic rings. The SMILES string of the molecule is COc1cccc(-c2nc(=O)[nH]c(-c3ccccc3)c2Oc2ccc(C)cc2)c1. The Balaban J connectivity index is 1.94. The number of rotatable bonds is 5. The summed E-state index contributed by atoms with van der Waals surface area (Å²) in [6.45, 7) is 2.02. The van der Waals surface area contributed by atoms with E-state index in [1.165, 1.54) is 0 Å².